The number of ether oxygens (including phenoxy) is 1. The predicted octanol–water partition coefficient (Wildman–Crippen LogP) is 3.33. The molecule has 3 aromatic carbocycles. The molecule has 2 atom stereocenters. The van der Waals surface area contributed by atoms with Crippen LogP contribution in [-0.4, -0.2) is 119 Å². The Kier molecular flexibility index (Phi) is 8.34. The lowest BCUT2D eigenvalue weighted by Crippen LogP contribution is -2.54. The average molecular weight is 822 g/mol. The number of piperidine rings is 2. The summed E-state index contributed by atoms with van der Waals surface area (Å²) < 4.78 is 77.9. The number of rotatable bonds is 10. The van der Waals surface area contributed by atoms with Crippen LogP contribution in [0.3, 0.4) is 0 Å². The number of anilines is 3. The lowest BCUT2D eigenvalue weighted by atomic mass is 9.95. The number of nitrogens with one attached hydrogen (secondary N) is 3. The molecule has 3 N–H and O–H groups in total. The maximum atomic E-state index is 13.6. The van der Waals surface area contributed by atoms with E-state index in [-0.39, 0.29) is 55.4 Å². The maximum Gasteiger partial charge on any atom is 0.262 e. The first-order chi connectivity index (χ1) is 32.2. The Morgan fingerprint density at radius 1 is 0.867 bits per heavy atom. The summed E-state index contributed by atoms with van der Waals surface area (Å²) in [5.41, 5.74) is 2.40. The van der Waals surface area contributed by atoms with Crippen molar-refractivity contribution in [2.45, 2.75) is 50.9 Å². The minimum atomic E-state index is -3.24. The first kappa shape index (κ1) is 30.6. The average Bonchev–Trinajstić information content (AvgIpc) is 3.97. The monoisotopic (exact) mass is 821 g/mol. The molecule has 5 aliphatic rings. The fraction of sp³-hybridized carbons (Fsp3) is 0.386. The Morgan fingerprint density at radius 2 is 1.58 bits per heavy atom. The normalized spacial score (nSPS) is 25.6. The molecule has 1 unspecified atom stereocenters. The molecule has 16 nitrogen and oxygen atoms in total. The van der Waals surface area contributed by atoms with E-state index < -0.39 is 73.4 Å². The molecular weight excluding hydrogens is 767 g/mol. The molecule has 1 aromatic heterocycles. The van der Waals surface area contributed by atoms with Crippen LogP contribution in [-0.2, 0) is 32.2 Å². The summed E-state index contributed by atoms with van der Waals surface area (Å²) in [4.78, 5) is 83.3. The molecule has 0 radical (unpaired) electrons. The van der Waals surface area contributed by atoms with Crippen molar-refractivity contribution < 1.29 is 44.5 Å². The molecule has 0 saturated carbocycles. The number of carbonyl (C=O) groups is 6. The summed E-state index contributed by atoms with van der Waals surface area (Å²) in [6, 6.07) is 18.0. The van der Waals surface area contributed by atoms with Crippen molar-refractivity contribution in [3.63, 3.8) is 0 Å². The number of piperazine rings is 1. The van der Waals surface area contributed by atoms with Crippen LogP contribution < -0.4 is 20.4 Å². The van der Waals surface area contributed by atoms with E-state index in [0.717, 1.165) is 29.4 Å². The standard InChI is InChI=1S/C44H47N9O7/c1-60-38(28-5-3-2-4-6-28)44(59)52-25-34-35(26-52)47-48-39(34)46-40(55)29-7-9-30(10-8-29)50-17-15-27(16-18-50)24-49-19-21-51(22-20-49)31-11-12-32-33(23-31)43(58)53(42(32)57)36-13-14-37(54)45-41(36)56/h2-12,23,27,36,38H,13-22,24-26H2,1H3,(H,45,54,56)(H2,46,47,48,55)/t36?,38-/m1/s1/i19D2,20D2,21D2,22D2. The zero-order chi connectivity index (χ0) is 48.7. The Morgan fingerprint density at radius 3 is 2.30 bits per heavy atom. The third-order valence-electron chi connectivity index (χ3n) is 11.6. The van der Waals surface area contributed by atoms with Gasteiger partial charge in [0.15, 0.2) is 11.9 Å². The second-order valence-corrected chi connectivity index (χ2v) is 15.3. The van der Waals surface area contributed by atoms with Gasteiger partial charge in [0.05, 0.1) is 35.4 Å². The van der Waals surface area contributed by atoms with Gasteiger partial charge in [-0.25, -0.2) is 0 Å². The number of carbonyl (C=O) groups excluding carboxylic acids is 6. The first-order valence-electron chi connectivity index (χ1n) is 23.7. The zero-order valence-electron chi connectivity index (χ0n) is 40.6. The van der Waals surface area contributed by atoms with Gasteiger partial charge in [0, 0.05) is 87.1 Å². The van der Waals surface area contributed by atoms with E-state index in [4.69, 9.17) is 15.7 Å². The second-order valence-electron chi connectivity index (χ2n) is 15.3. The van der Waals surface area contributed by atoms with Gasteiger partial charge < -0.3 is 24.8 Å². The van der Waals surface area contributed by atoms with Crippen molar-refractivity contribution in [3.05, 3.63) is 106 Å². The molecule has 3 fully saturated rings. The van der Waals surface area contributed by atoms with E-state index in [1.165, 1.54) is 7.11 Å². The van der Waals surface area contributed by atoms with E-state index in [1.54, 1.807) is 29.2 Å². The van der Waals surface area contributed by atoms with Crippen molar-refractivity contribution >= 4 is 52.6 Å². The van der Waals surface area contributed by atoms with Crippen LogP contribution >= 0.6 is 0 Å². The van der Waals surface area contributed by atoms with Gasteiger partial charge in [0.25, 0.3) is 23.6 Å². The minimum absolute atomic E-state index is 0.113. The Bertz CT molecular complexity index is 2690. The molecule has 0 bridgehead atoms. The highest BCUT2D eigenvalue weighted by Crippen LogP contribution is 2.33. The highest BCUT2D eigenvalue weighted by atomic mass is 16.5. The van der Waals surface area contributed by atoms with E-state index in [9.17, 15) is 28.8 Å². The third kappa shape index (κ3) is 7.52. The summed E-state index contributed by atoms with van der Waals surface area (Å²) in [7, 11) is 1.48. The van der Waals surface area contributed by atoms with Gasteiger partial charge in [-0.15, -0.1) is 0 Å². The van der Waals surface area contributed by atoms with Gasteiger partial charge in [0.1, 0.15) is 6.04 Å². The quantitative estimate of drug-likeness (QED) is 0.200. The number of benzene rings is 3. The lowest BCUT2D eigenvalue weighted by Gasteiger charge is -2.40. The van der Waals surface area contributed by atoms with Crippen LogP contribution in [0.15, 0.2) is 72.8 Å². The van der Waals surface area contributed by atoms with Crippen LogP contribution in [0, 0.1) is 5.92 Å². The van der Waals surface area contributed by atoms with Crippen LogP contribution in [0.4, 0.5) is 17.2 Å². The topological polar surface area (TPSA) is 181 Å². The SMILES string of the molecule is [2H]C1([2H])N(CC2CCN(c3ccc(C(=O)Nc4n[nH]c5c4CN(C(=O)[C@H](OC)c4ccccc4)C5)cc3)CC2)C([2H])([2H])C([2H])([2H])N(c2ccc3c(c2)C(=O)N(C2CCC(=O)NC2=O)C3=O)C1([2H])[2H]. The van der Waals surface area contributed by atoms with Crippen LogP contribution in [0.25, 0.3) is 0 Å². The molecule has 9 rings (SSSR count). The molecule has 0 aliphatic carbocycles. The lowest BCUT2D eigenvalue weighted by molar-refractivity contribution is -0.143. The number of aromatic amines is 1. The molecule has 5 aliphatic heterocycles. The highest BCUT2D eigenvalue weighted by molar-refractivity contribution is 6.23. The number of amides is 6. The van der Waals surface area contributed by atoms with Crippen LogP contribution in [0.5, 0.6) is 0 Å². The number of aromatic nitrogens is 2. The highest BCUT2D eigenvalue weighted by Gasteiger charge is 2.45. The summed E-state index contributed by atoms with van der Waals surface area (Å²) in [5, 5.41) is 12.1. The molecule has 310 valence electrons. The zero-order valence-corrected chi connectivity index (χ0v) is 32.6. The van der Waals surface area contributed by atoms with Gasteiger partial charge in [-0.3, -0.25) is 49.0 Å². The number of methoxy groups -OCH3 is 1. The van der Waals surface area contributed by atoms with Gasteiger partial charge >= 0.3 is 0 Å². The first-order valence-corrected chi connectivity index (χ1v) is 19.7. The Balaban J connectivity index is 0.829. The van der Waals surface area contributed by atoms with Crippen molar-refractivity contribution in [3.8, 4) is 0 Å². The molecule has 16 heteroatoms. The molecular formula is C44H47N9O7. The Labute approximate surface area is 358 Å². The minimum Gasteiger partial charge on any atom is -0.372 e. The van der Waals surface area contributed by atoms with E-state index in [1.807, 2.05) is 35.2 Å². The van der Waals surface area contributed by atoms with Crippen molar-refractivity contribution in [1.82, 2.24) is 30.2 Å². The van der Waals surface area contributed by atoms with Crippen LogP contribution in [0.2, 0.25) is 0 Å². The smallest absolute Gasteiger partial charge is 0.262 e. The number of hydrogen-bond donors (Lipinski definition) is 3. The number of hydrogen-bond acceptors (Lipinski definition) is 11. The third-order valence-corrected chi connectivity index (χ3v) is 11.6. The molecule has 4 aromatic rings. The largest absolute Gasteiger partial charge is 0.372 e. The number of nitrogens with zero attached hydrogens (tertiary/aromatic N) is 6. The summed E-state index contributed by atoms with van der Waals surface area (Å²) in [5.74, 6) is -3.89. The fourth-order valence-electron chi connectivity index (χ4n) is 8.30. The molecule has 60 heavy (non-hydrogen) atoms. The van der Waals surface area contributed by atoms with E-state index in [0.29, 0.717) is 63.3 Å². The van der Waals surface area contributed by atoms with Gasteiger partial charge in [0.2, 0.25) is 11.8 Å². The van der Waals surface area contributed by atoms with E-state index in [2.05, 4.69) is 20.8 Å². The van der Waals surface area contributed by atoms with Crippen molar-refractivity contribution in [2.24, 2.45) is 5.92 Å². The van der Waals surface area contributed by atoms with Gasteiger partial charge in [-0.05, 0) is 73.2 Å². The number of H-pyrrole nitrogens is 1. The molecule has 6 heterocycles. The molecule has 3 saturated heterocycles. The van der Waals surface area contributed by atoms with Gasteiger partial charge in [-0.2, -0.15) is 5.10 Å². The predicted molar refractivity (Wildman–Crippen MR) is 220 cm³/mol. The van der Waals surface area contributed by atoms with E-state index >= 15 is 0 Å². The van der Waals surface area contributed by atoms with Crippen molar-refractivity contribution in [2.75, 3.05) is 67.8 Å². The summed E-state index contributed by atoms with van der Waals surface area (Å²) in [6.07, 6.45) is -0.168. The van der Waals surface area contributed by atoms with Crippen LogP contribution in [0.1, 0.15) is 90.6 Å². The molecule has 0 spiro atoms. The van der Waals surface area contributed by atoms with Crippen molar-refractivity contribution in [1.29, 1.82) is 0 Å². The second kappa shape index (κ2) is 16.3. The number of imide groups is 2. The van der Waals surface area contributed by atoms with Gasteiger partial charge in [-0.1, -0.05) is 30.3 Å². The summed E-state index contributed by atoms with van der Waals surface area (Å²) >= 11 is 0. The number of fused-ring (bicyclic) bond motifs is 2. The Hall–Kier alpha value is -6.39. The summed E-state index contributed by atoms with van der Waals surface area (Å²) in [6.45, 7) is -11.7. The fourth-order valence-corrected chi connectivity index (χ4v) is 8.30. The molecule has 6 amide bonds. The maximum absolute atomic E-state index is 13.6.